The molecule has 0 bridgehead atoms. The Balaban J connectivity index is 0.00000128. The van der Waals surface area contributed by atoms with Crippen LogP contribution in [0.25, 0.3) is 11.5 Å². The first-order valence-electron chi connectivity index (χ1n) is 3.98. The summed E-state index contributed by atoms with van der Waals surface area (Å²) in [6, 6.07) is 5.22. The Kier molecular flexibility index (Phi) is 3.82. The van der Waals surface area contributed by atoms with Crippen molar-refractivity contribution >= 4 is 5.97 Å². The van der Waals surface area contributed by atoms with E-state index in [1.165, 1.54) is 24.3 Å². The predicted octanol–water partition coefficient (Wildman–Crippen LogP) is -2.76. The third-order valence-corrected chi connectivity index (χ3v) is 1.70. The Bertz CT molecular complexity index is 498. The third kappa shape index (κ3) is 2.48. The molecule has 7 heteroatoms. The number of halogens is 1. The minimum atomic E-state index is -1.52. The van der Waals surface area contributed by atoms with Crippen molar-refractivity contribution in [2.75, 3.05) is 0 Å². The summed E-state index contributed by atoms with van der Waals surface area (Å²) in [6.07, 6.45) is 0. The van der Waals surface area contributed by atoms with Crippen molar-refractivity contribution in [1.29, 1.82) is 0 Å². The first-order chi connectivity index (χ1) is 7.16. The van der Waals surface area contributed by atoms with Crippen molar-refractivity contribution in [3.8, 4) is 11.5 Å². The Morgan fingerprint density at radius 3 is 2.44 bits per heavy atom. The van der Waals surface area contributed by atoms with Gasteiger partial charge in [0.1, 0.15) is 11.8 Å². The van der Waals surface area contributed by atoms with Crippen LogP contribution in [0, 0.1) is 5.82 Å². The average Bonchev–Trinajstić information content (AvgIpc) is 2.68. The number of benzene rings is 1. The Morgan fingerprint density at radius 2 is 1.94 bits per heavy atom. The average molecular weight is 214 g/mol. The third-order valence-electron chi connectivity index (χ3n) is 1.70. The molecular weight excluding hydrogens is 210 g/mol. The van der Waals surface area contributed by atoms with Gasteiger partial charge in [-0.1, -0.05) is 5.16 Å². The van der Waals surface area contributed by atoms with Gasteiger partial charge in [-0.3, -0.25) is 0 Å². The summed E-state index contributed by atoms with van der Waals surface area (Å²) in [5, 5.41) is 13.5. The summed E-state index contributed by atoms with van der Waals surface area (Å²) < 4.78 is 17.2. The maximum atomic E-state index is 12.6. The molecule has 2 rings (SSSR count). The van der Waals surface area contributed by atoms with Crippen LogP contribution in [-0.4, -0.2) is 16.1 Å². The van der Waals surface area contributed by atoms with Crippen molar-refractivity contribution < 1.29 is 37.7 Å². The van der Waals surface area contributed by atoms with Crippen molar-refractivity contribution in [2.24, 2.45) is 0 Å². The van der Waals surface area contributed by atoms with Gasteiger partial charge in [-0.2, -0.15) is 4.98 Å². The Morgan fingerprint density at radius 1 is 1.31 bits per heavy atom. The van der Waals surface area contributed by atoms with Gasteiger partial charge < -0.3 is 14.4 Å². The van der Waals surface area contributed by atoms with E-state index < -0.39 is 17.6 Å². The second kappa shape index (κ2) is 4.92. The summed E-state index contributed by atoms with van der Waals surface area (Å²) in [5.74, 6) is -2.45. The molecule has 1 heterocycles. The molecule has 1 aromatic heterocycles. The molecule has 5 nitrogen and oxygen atoms in total. The summed E-state index contributed by atoms with van der Waals surface area (Å²) in [7, 11) is 0. The molecule has 1 aromatic carbocycles. The molecule has 2 aromatic rings. The summed E-state index contributed by atoms with van der Waals surface area (Å²) in [6.45, 7) is 0. The summed E-state index contributed by atoms with van der Waals surface area (Å²) >= 11 is 0. The number of aromatic nitrogens is 2. The molecule has 0 fully saturated rings. The molecule has 0 unspecified atom stereocenters. The van der Waals surface area contributed by atoms with Gasteiger partial charge >= 0.3 is 18.9 Å². The number of carboxylic acids is 1. The smallest absolute Gasteiger partial charge is 0.541 e. The normalized spacial score (nSPS) is 9.56. The van der Waals surface area contributed by atoms with Crippen LogP contribution in [0.3, 0.4) is 0 Å². The van der Waals surface area contributed by atoms with Gasteiger partial charge in [0.2, 0.25) is 5.82 Å². The predicted molar refractivity (Wildman–Crippen MR) is 44.0 cm³/mol. The van der Waals surface area contributed by atoms with Crippen LogP contribution >= 0.6 is 0 Å². The van der Waals surface area contributed by atoms with Gasteiger partial charge in [0.25, 0.3) is 5.89 Å². The number of rotatable bonds is 2. The van der Waals surface area contributed by atoms with Gasteiger partial charge in [-0.15, -0.1) is 0 Å². The first kappa shape index (κ1) is 12.4. The maximum absolute atomic E-state index is 12.6. The van der Waals surface area contributed by atoms with Gasteiger partial charge in [0.15, 0.2) is 0 Å². The van der Waals surface area contributed by atoms with E-state index in [1.54, 1.807) is 0 Å². The Hall–Kier alpha value is -1.64. The van der Waals surface area contributed by atoms with E-state index in [9.17, 15) is 14.3 Å². The van der Waals surface area contributed by atoms with Crippen LogP contribution in [0.4, 0.5) is 4.39 Å². The quantitative estimate of drug-likeness (QED) is 0.506. The van der Waals surface area contributed by atoms with E-state index >= 15 is 0 Å². The molecule has 0 aliphatic carbocycles. The largest absolute Gasteiger partial charge is 1.00 e. The van der Waals surface area contributed by atoms with Crippen LogP contribution in [0.5, 0.6) is 0 Å². The molecular formula is C9H4FLiN2O3. The van der Waals surface area contributed by atoms with E-state index in [0.717, 1.165) is 0 Å². The van der Waals surface area contributed by atoms with Crippen LogP contribution in [0.2, 0.25) is 0 Å². The maximum Gasteiger partial charge on any atom is 1.00 e. The number of carboxylic acid groups (broad SMARTS) is 1. The van der Waals surface area contributed by atoms with Crippen molar-refractivity contribution in [2.45, 2.75) is 0 Å². The Labute approximate surface area is 101 Å². The van der Waals surface area contributed by atoms with E-state index in [-0.39, 0.29) is 24.8 Å². The molecule has 0 atom stereocenters. The minimum absolute atomic E-state index is 0. The zero-order chi connectivity index (χ0) is 10.8. The molecule has 0 amide bonds. The van der Waals surface area contributed by atoms with Crippen molar-refractivity contribution in [1.82, 2.24) is 10.1 Å². The first-order valence-corrected chi connectivity index (χ1v) is 3.98. The molecule has 76 valence electrons. The fourth-order valence-corrected chi connectivity index (χ4v) is 1.02. The number of nitrogens with zero attached hydrogens (tertiary/aromatic N) is 2. The van der Waals surface area contributed by atoms with Crippen LogP contribution in [0.1, 0.15) is 10.6 Å². The topological polar surface area (TPSA) is 79.0 Å². The molecule has 0 saturated heterocycles. The summed E-state index contributed by atoms with van der Waals surface area (Å²) in [4.78, 5) is 13.9. The zero-order valence-electron chi connectivity index (χ0n) is 8.31. The fraction of sp³-hybridized carbons (Fsp3) is 0. The van der Waals surface area contributed by atoms with E-state index in [0.29, 0.717) is 5.56 Å². The van der Waals surface area contributed by atoms with Gasteiger partial charge in [0.05, 0.1) is 0 Å². The van der Waals surface area contributed by atoms with Crippen molar-refractivity contribution in [3.63, 3.8) is 0 Å². The number of hydrogen-bond acceptors (Lipinski definition) is 5. The van der Waals surface area contributed by atoms with E-state index in [2.05, 4.69) is 14.7 Å². The number of hydrogen-bond donors (Lipinski definition) is 0. The molecule has 0 radical (unpaired) electrons. The van der Waals surface area contributed by atoms with E-state index in [4.69, 9.17) is 0 Å². The van der Waals surface area contributed by atoms with Crippen LogP contribution < -0.4 is 24.0 Å². The molecule has 0 N–H and O–H groups in total. The standard InChI is InChI=1S/C9H5FN2O3.Li/c10-6-3-1-5(2-4-6)8-11-7(9(13)14)12-15-8;/h1-4H,(H,13,14);/q;+1/p-1. The number of aromatic carboxylic acids is 1. The summed E-state index contributed by atoms with van der Waals surface area (Å²) in [5.41, 5.74) is 0.441. The second-order valence-electron chi connectivity index (χ2n) is 2.72. The van der Waals surface area contributed by atoms with Gasteiger partial charge in [-0.05, 0) is 24.3 Å². The number of carbonyl (C=O) groups is 1. The van der Waals surface area contributed by atoms with Gasteiger partial charge in [0, 0.05) is 5.56 Å². The SMILES string of the molecule is O=C([O-])c1noc(-c2ccc(F)cc2)n1.[Li+]. The second-order valence-corrected chi connectivity index (χ2v) is 2.72. The van der Waals surface area contributed by atoms with E-state index in [1.807, 2.05) is 0 Å². The molecule has 0 saturated carbocycles. The van der Waals surface area contributed by atoms with Crippen LogP contribution in [-0.2, 0) is 0 Å². The minimum Gasteiger partial charge on any atom is -0.541 e. The molecule has 0 aliphatic rings. The number of carbonyl (C=O) groups excluding carboxylic acids is 1. The zero-order valence-corrected chi connectivity index (χ0v) is 8.31. The monoisotopic (exact) mass is 214 g/mol. The van der Waals surface area contributed by atoms with Crippen molar-refractivity contribution in [3.05, 3.63) is 35.9 Å². The van der Waals surface area contributed by atoms with Gasteiger partial charge in [-0.25, -0.2) is 4.39 Å². The molecule has 0 spiro atoms. The molecule has 16 heavy (non-hydrogen) atoms. The fourth-order valence-electron chi connectivity index (χ4n) is 1.02. The molecule has 0 aliphatic heterocycles. The van der Waals surface area contributed by atoms with Crippen LogP contribution in [0.15, 0.2) is 28.8 Å².